The molecule has 0 aromatic heterocycles. The Balaban J connectivity index is 2.41. The zero-order chi connectivity index (χ0) is 12.4. The number of phenolic OH excluding ortho intramolecular Hbond substituents is 1. The van der Waals surface area contributed by atoms with Crippen LogP contribution in [0.15, 0.2) is 18.2 Å². The van der Waals surface area contributed by atoms with Crippen molar-refractivity contribution in [2.24, 2.45) is 0 Å². The number of rotatable bonds is 1. The molecule has 2 amide bonds. The Morgan fingerprint density at radius 2 is 1.71 bits per heavy atom. The van der Waals surface area contributed by atoms with E-state index in [4.69, 9.17) is 5.73 Å². The molecule has 17 heavy (non-hydrogen) atoms. The van der Waals surface area contributed by atoms with Crippen LogP contribution < -0.4 is 10.6 Å². The minimum Gasteiger partial charge on any atom is -0.508 e. The zero-order valence-corrected chi connectivity index (χ0v) is 9.35. The summed E-state index contributed by atoms with van der Waals surface area (Å²) in [5, 5.41) is 9.25. The first-order chi connectivity index (χ1) is 8.09. The quantitative estimate of drug-likeness (QED) is 0.568. The number of hydrogen-bond donors (Lipinski definition) is 2. The number of nitrogens with zero attached hydrogens (tertiary/aromatic N) is 1. The third kappa shape index (κ3) is 2.22. The van der Waals surface area contributed by atoms with Crippen LogP contribution in [0.3, 0.4) is 0 Å². The van der Waals surface area contributed by atoms with E-state index in [1.54, 1.807) is 0 Å². The molecule has 1 aromatic carbocycles. The summed E-state index contributed by atoms with van der Waals surface area (Å²) in [4.78, 5) is 24.8. The van der Waals surface area contributed by atoms with Crippen LogP contribution in [0.2, 0.25) is 0 Å². The van der Waals surface area contributed by atoms with Crippen LogP contribution in [-0.2, 0) is 9.59 Å². The summed E-state index contributed by atoms with van der Waals surface area (Å²) in [5.41, 5.74) is 6.31. The van der Waals surface area contributed by atoms with Crippen molar-refractivity contribution in [3.05, 3.63) is 18.2 Å². The highest BCUT2D eigenvalue weighted by Gasteiger charge is 2.26. The monoisotopic (exact) mass is 234 g/mol. The average molecular weight is 234 g/mol. The summed E-state index contributed by atoms with van der Waals surface area (Å²) in [6.45, 7) is 0. The van der Waals surface area contributed by atoms with Crippen molar-refractivity contribution < 1.29 is 14.7 Å². The number of benzene rings is 1. The van der Waals surface area contributed by atoms with E-state index in [-0.39, 0.29) is 23.3 Å². The van der Waals surface area contributed by atoms with Crippen LogP contribution in [0.4, 0.5) is 11.4 Å². The minimum atomic E-state index is -0.232. The average Bonchev–Trinajstić information content (AvgIpc) is 2.42. The first-order valence-electron chi connectivity index (χ1n) is 5.54. The summed E-state index contributed by atoms with van der Waals surface area (Å²) >= 11 is 0. The van der Waals surface area contributed by atoms with Crippen LogP contribution >= 0.6 is 0 Å². The van der Waals surface area contributed by atoms with E-state index in [0.717, 1.165) is 17.7 Å². The van der Waals surface area contributed by atoms with Gasteiger partial charge in [-0.2, -0.15) is 0 Å². The molecule has 1 aliphatic heterocycles. The van der Waals surface area contributed by atoms with E-state index in [1.807, 2.05) is 0 Å². The molecular formula is C12H14N2O3. The number of phenols is 1. The number of carbonyl (C=O) groups is 2. The van der Waals surface area contributed by atoms with Crippen molar-refractivity contribution in [1.82, 2.24) is 0 Å². The van der Waals surface area contributed by atoms with Gasteiger partial charge in [-0.25, -0.2) is 4.90 Å². The number of imide groups is 1. The van der Waals surface area contributed by atoms with Crippen molar-refractivity contribution in [3.63, 3.8) is 0 Å². The van der Waals surface area contributed by atoms with Crippen LogP contribution in [0.5, 0.6) is 5.75 Å². The SMILES string of the molecule is Nc1cc(O)ccc1N1C(=O)CCCCC1=O. The van der Waals surface area contributed by atoms with Crippen molar-refractivity contribution in [3.8, 4) is 5.75 Å². The predicted octanol–water partition coefficient (Wildman–Crippen LogP) is 1.41. The van der Waals surface area contributed by atoms with Gasteiger partial charge in [0.15, 0.2) is 0 Å². The van der Waals surface area contributed by atoms with Crippen molar-refractivity contribution in [2.45, 2.75) is 25.7 Å². The van der Waals surface area contributed by atoms with Crippen LogP contribution in [0.25, 0.3) is 0 Å². The molecule has 1 aliphatic rings. The highest BCUT2D eigenvalue weighted by Crippen LogP contribution is 2.29. The van der Waals surface area contributed by atoms with E-state index < -0.39 is 0 Å². The third-order valence-corrected chi connectivity index (χ3v) is 2.78. The van der Waals surface area contributed by atoms with E-state index in [1.165, 1.54) is 18.2 Å². The summed E-state index contributed by atoms with van der Waals surface area (Å²) in [5.74, 6) is -0.448. The Hall–Kier alpha value is -2.04. The fourth-order valence-electron chi connectivity index (χ4n) is 1.93. The van der Waals surface area contributed by atoms with Crippen LogP contribution in [0.1, 0.15) is 25.7 Å². The minimum absolute atomic E-state index is 0.0148. The Bertz CT molecular complexity index is 453. The van der Waals surface area contributed by atoms with Crippen molar-refractivity contribution in [2.75, 3.05) is 10.6 Å². The predicted molar refractivity (Wildman–Crippen MR) is 63.5 cm³/mol. The summed E-state index contributed by atoms with van der Waals surface area (Å²) in [7, 11) is 0. The summed E-state index contributed by atoms with van der Waals surface area (Å²) in [6.07, 6.45) is 2.15. The normalized spacial score (nSPS) is 17.1. The van der Waals surface area contributed by atoms with Gasteiger partial charge in [-0.15, -0.1) is 0 Å². The van der Waals surface area contributed by atoms with Gasteiger partial charge in [0, 0.05) is 18.9 Å². The number of nitrogens with two attached hydrogens (primary N) is 1. The largest absolute Gasteiger partial charge is 0.508 e. The topological polar surface area (TPSA) is 83.6 Å². The first kappa shape index (κ1) is 11.4. The zero-order valence-electron chi connectivity index (χ0n) is 9.35. The van der Waals surface area contributed by atoms with Gasteiger partial charge in [0.25, 0.3) is 0 Å². The number of nitrogen functional groups attached to an aromatic ring is 1. The Morgan fingerprint density at radius 3 is 2.24 bits per heavy atom. The van der Waals surface area contributed by atoms with Crippen LogP contribution in [0, 0.1) is 0 Å². The van der Waals surface area contributed by atoms with Gasteiger partial charge >= 0.3 is 0 Å². The molecular weight excluding hydrogens is 220 g/mol. The molecule has 5 nitrogen and oxygen atoms in total. The van der Waals surface area contributed by atoms with E-state index >= 15 is 0 Å². The fraction of sp³-hybridized carbons (Fsp3) is 0.333. The lowest BCUT2D eigenvalue weighted by atomic mass is 10.2. The second kappa shape index (κ2) is 4.45. The molecule has 0 atom stereocenters. The number of anilines is 2. The Labute approximate surface area is 98.8 Å². The smallest absolute Gasteiger partial charge is 0.233 e. The van der Waals surface area contributed by atoms with Crippen LogP contribution in [-0.4, -0.2) is 16.9 Å². The maximum absolute atomic E-state index is 11.8. The van der Waals surface area contributed by atoms with Gasteiger partial charge in [0.1, 0.15) is 5.75 Å². The number of hydrogen-bond acceptors (Lipinski definition) is 4. The first-order valence-corrected chi connectivity index (χ1v) is 5.54. The molecule has 2 rings (SSSR count). The molecule has 1 heterocycles. The molecule has 1 fully saturated rings. The Morgan fingerprint density at radius 1 is 1.12 bits per heavy atom. The van der Waals surface area contributed by atoms with Gasteiger partial charge < -0.3 is 10.8 Å². The molecule has 0 radical (unpaired) electrons. The molecule has 1 aromatic rings. The highest BCUT2D eigenvalue weighted by molar-refractivity contribution is 6.16. The second-order valence-corrected chi connectivity index (χ2v) is 4.07. The molecule has 90 valence electrons. The van der Waals surface area contributed by atoms with Gasteiger partial charge in [-0.05, 0) is 25.0 Å². The van der Waals surface area contributed by atoms with E-state index in [2.05, 4.69) is 0 Å². The maximum Gasteiger partial charge on any atom is 0.233 e. The lowest BCUT2D eigenvalue weighted by molar-refractivity contribution is -0.125. The summed E-state index contributed by atoms with van der Waals surface area (Å²) in [6, 6.07) is 4.24. The molecule has 3 N–H and O–H groups in total. The van der Waals surface area contributed by atoms with Gasteiger partial charge in [-0.3, -0.25) is 9.59 Å². The molecule has 0 saturated carbocycles. The second-order valence-electron chi connectivity index (χ2n) is 4.07. The van der Waals surface area contributed by atoms with Gasteiger partial charge in [0.05, 0.1) is 11.4 Å². The molecule has 0 bridgehead atoms. The number of aromatic hydroxyl groups is 1. The highest BCUT2D eigenvalue weighted by atomic mass is 16.3. The van der Waals surface area contributed by atoms with E-state index in [0.29, 0.717) is 18.5 Å². The molecule has 0 aliphatic carbocycles. The van der Waals surface area contributed by atoms with Crippen molar-refractivity contribution >= 4 is 23.2 Å². The lowest BCUT2D eigenvalue weighted by Gasteiger charge is -2.20. The number of amides is 2. The number of carbonyl (C=O) groups excluding carboxylic acids is 2. The van der Waals surface area contributed by atoms with E-state index in [9.17, 15) is 14.7 Å². The maximum atomic E-state index is 11.8. The summed E-state index contributed by atoms with van der Waals surface area (Å²) < 4.78 is 0. The molecule has 1 saturated heterocycles. The Kier molecular flexibility index (Phi) is 2.99. The van der Waals surface area contributed by atoms with Gasteiger partial charge in [0.2, 0.25) is 11.8 Å². The van der Waals surface area contributed by atoms with Crippen molar-refractivity contribution in [1.29, 1.82) is 0 Å². The third-order valence-electron chi connectivity index (χ3n) is 2.78. The standard InChI is InChI=1S/C12H14N2O3/c13-9-7-8(15)5-6-10(9)14-11(16)3-1-2-4-12(14)17/h5-7,15H,1-4,13H2. The van der Waals surface area contributed by atoms with Gasteiger partial charge in [-0.1, -0.05) is 0 Å². The fourth-order valence-corrected chi connectivity index (χ4v) is 1.93. The molecule has 0 unspecified atom stereocenters. The molecule has 5 heteroatoms. The lowest BCUT2D eigenvalue weighted by Crippen LogP contribution is -2.35. The molecule has 0 spiro atoms.